The Bertz CT molecular complexity index is 1180. The van der Waals surface area contributed by atoms with Crippen molar-refractivity contribution in [2.45, 2.75) is 5.16 Å². The second kappa shape index (κ2) is 7.69. The predicted octanol–water partition coefficient (Wildman–Crippen LogP) is 3.09. The van der Waals surface area contributed by atoms with Crippen molar-refractivity contribution in [3.63, 3.8) is 0 Å². The number of thioether (sulfide) groups is 1. The number of aromatic nitrogens is 4. The average Bonchev–Trinajstić information content (AvgIpc) is 3.17. The van der Waals surface area contributed by atoms with Gasteiger partial charge in [0.15, 0.2) is 16.6 Å². The largest absolute Gasteiger partial charge is 0.497 e. The zero-order valence-corrected chi connectivity index (χ0v) is 15.8. The summed E-state index contributed by atoms with van der Waals surface area (Å²) in [5, 5.41) is 5.04. The first-order valence-corrected chi connectivity index (χ1v) is 9.48. The van der Waals surface area contributed by atoms with E-state index in [-0.39, 0.29) is 17.1 Å². The topological polar surface area (TPSA) is 89.9 Å². The fourth-order valence-corrected chi connectivity index (χ4v) is 3.47. The number of para-hydroxylation sites is 1. The average molecular weight is 392 g/mol. The number of benzene rings is 2. The highest BCUT2D eigenvalue weighted by Crippen LogP contribution is 2.19. The molecule has 4 aromatic rings. The summed E-state index contributed by atoms with van der Waals surface area (Å²) in [4.78, 5) is 32.0. The molecule has 0 radical (unpaired) electrons. The second-order valence-corrected chi connectivity index (χ2v) is 6.90. The third kappa shape index (κ3) is 3.54. The number of nitrogens with zero attached hydrogens (tertiary/aromatic N) is 3. The lowest BCUT2D eigenvalue weighted by Crippen LogP contribution is -2.11. The molecule has 0 unspecified atom stereocenters. The molecule has 0 fully saturated rings. The number of H-pyrrole nitrogens is 1. The van der Waals surface area contributed by atoms with Gasteiger partial charge in [0.1, 0.15) is 11.1 Å². The normalized spacial score (nSPS) is 10.9. The molecule has 4 rings (SSSR count). The molecule has 2 heterocycles. The number of Topliss-reactive ketones (excluding diaryl/α,β-unsaturated/α-hetero) is 1. The lowest BCUT2D eigenvalue weighted by molar-refractivity contribution is 0.102. The number of ether oxygens (including phenoxy) is 1. The van der Waals surface area contributed by atoms with Crippen LogP contribution in [0.5, 0.6) is 5.75 Å². The molecule has 0 saturated heterocycles. The molecular formula is C20H16N4O3S. The van der Waals surface area contributed by atoms with Crippen LogP contribution in [-0.2, 0) is 0 Å². The van der Waals surface area contributed by atoms with Crippen LogP contribution in [0.15, 0.2) is 70.7 Å². The van der Waals surface area contributed by atoms with E-state index in [2.05, 4.69) is 15.1 Å². The lowest BCUT2D eigenvalue weighted by Gasteiger charge is -2.05. The molecule has 0 aliphatic heterocycles. The fraction of sp³-hybridized carbons (Fsp3) is 0.100. The van der Waals surface area contributed by atoms with E-state index in [4.69, 9.17) is 4.74 Å². The Hall–Kier alpha value is -3.39. The van der Waals surface area contributed by atoms with Crippen molar-refractivity contribution in [3.8, 4) is 11.4 Å². The highest BCUT2D eigenvalue weighted by Gasteiger charge is 2.13. The number of nitrogens with one attached hydrogen (secondary N) is 1. The van der Waals surface area contributed by atoms with Gasteiger partial charge in [-0.25, -0.2) is 9.67 Å². The van der Waals surface area contributed by atoms with E-state index in [0.717, 1.165) is 5.69 Å². The molecule has 140 valence electrons. The Morgan fingerprint density at radius 2 is 1.89 bits per heavy atom. The summed E-state index contributed by atoms with van der Waals surface area (Å²) in [6.07, 6.45) is 1.49. The number of hydrogen-bond acceptors (Lipinski definition) is 6. The Balaban J connectivity index is 1.58. The molecule has 1 N–H and O–H groups in total. The number of carbonyl (C=O) groups is 1. The molecular weight excluding hydrogens is 376 g/mol. The van der Waals surface area contributed by atoms with Crippen LogP contribution in [0.3, 0.4) is 0 Å². The highest BCUT2D eigenvalue weighted by molar-refractivity contribution is 7.99. The first kappa shape index (κ1) is 18.0. The maximum Gasteiger partial charge on any atom is 0.262 e. The summed E-state index contributed by atoms with van der Waals surface area (Å²) in [6.45, 7) is 0. The van der Waals surface area contributed by atoms with Crippen molar-refractivity contribution in [2.75, 3.05) is 12.9 Å². The molecule has 0 aliphatic carbocycles. The SMILES string of the molecule is COc1ccc(C(=O)CSc2nc3c(cnn3-c3ccccc3)c(=O)[nH]2)cc1. The van der Waals surface area contributed by atoms with Crippen LogP contribution in [0.1, 0.15) is 10.4 Å². The van der Waals surface area contributed by atoms with Gasteiger partial charge in [-0.15, -0.1) is 0 Å². The van der Waals surface area contributed by atoms with E-state index in [0.29, 0.717) is 27.5 Å². The van der Waals surface area contributed by atoms with E-state index in [1.54, 1.807) is 36.1 Å². The van der Waals surface area contributed by atoms with Gasteiger partial charge in [-0.05, 0) is 36.4 Å². The molecule has 0 spiro atoms. The van der Waals surface area contributed by atoms with Gasteiger partial charge in [0.05, 0.1) is 24.7 Å². The van der Waals surface area contributed by atoms with E-state index in [9.17, 15) is 9.59 Å². The monoisotopic (exact) mass is 392 g/mol. The van der Waals surface area contributed by atoms with Crippen LogP contribution < -0.4 is 10.3 Å². The van der Waals surface area contributed by atoms with E-state index < -0.39 is 0 Å². The maximum absolute atomic E-state index is 12.4. The van der Waals surface area contributed by atoms with Crippen molar-refractivity contribution >= 4 is 28.6 Å². The Morgan fingerprint density at radius 3 is 2.61 bits per heavy atom. The van der Waals surface area contributed by atoms with Crippen molar-refractivity contribution in [1.82, 2.24) is 19.7 Å². The van der Waals surface area contributed by atoms with Gasteiger partial charge in [0.25, 0.3) is 5.56 Å². The quantitative estimate of drug-likeness (QED) is 0.308. The fourth-order valence-electron chi connectivity index (χ4n) is 2.72. The van der Waals surface area contributed by atoms with E-state index in [1.165, 1.54) is 18.0 Å². The molecule has 8 heteroatoms. The van der Waals surface area contributed by atoms with Crippen molar-refractivity contribution < 1.29 is 9.53 Å². The molecule has 28 heavy (non-hydrogen) atoms. The van der Waals surface area contributed by atoms with Crippen LogP contribution in [0.2, 0.25) is 0 Å². The summed E-state index contributed by atoms with van der Waals surface area (Å²) in [5.74, 6) is 0.780. The van der Waals surface area contributed by atoms with E-state index >= 15 is 0 Å². The van der Waals surface area contributed by atoms with Crippen molar-refractivity contribution in [1.29, 1.82) is 0 Å². The maximum atomic E-state index is 12.4. The van der Waals surface area contributed by atoms with Gasteiger partial charge >= 0.3 is 0 Å². The number of ketones is 1. The summed E-state index contributed by atoms with van der Waals surface area (Å²) in [6, 6.07) is 16.4. The molecule has 0 bridgehead atoms. The predicted molar refractivity (Wildman–Crippen MR) is 108 cm³/mol. The molecule has 7 nitrogen and oxygen atoms in total. The summed E-state index contributed by atoms with van der Waals surface area (Å²) < 4.78 is 6.71. The van der Waals surface area contributed by atoms with Crippen molar-refractivity contribution in [3.05, 3.63) is 76.7 Å². The lowest BCUT2D eigenvalue weighted by atomic mass is 10.1. The van der Waals surface area contributed by atoms with Crippen LogP contribution in [0.25, 0.3) is 16.7 Å². The third-order valence-electron chi connectivity index (χ3n) is 4.17. The smallest absolute Gasteiger partial charge is 0.262 e. The standard InChI is InChI=1S/C20H16N4O3S/c1-27-15-9-7-13(8-10-15)17(25)12-28-20-22-18-16(19(26)23-20)11-21-24(18)14-5-3-2-4-6-14/h2-11H,12H2,1H3,(H,22,23,26). The van der Waals surface area contributed by atoms with Crippen LogP contribution in [0, 0.1) is 0 Å². The Kier molecular flexibility index (Phi) is 4.94. The van der Waals surface area contributed by atoms with Gasteiger partial charge < -0.3 is 9.72 Å². The van der Waals surface area contributed by atoms with Crippen LogP contribution in [-0.4, -0.2) is 38.4 Å². The first-order chi connectivity index (χ1) is 13.7. The summed E-state index contributed by atoms with van der Waals surface area (Å²) in [7, 11) is 1.57. The highest BCUT2D eigenvalue weighted by atomic mass is 32.2. The molecule has 0 amide bonds. The van der Waals surface area contributed by atoms with Crippen molar-refractivity contribution in [2.24, 2.45) is 0 Å². The zero-order valence-electron chi connectivity index (χ0n) is 15.0. The first-order valence-electron chi connectivity index (χ1n) is 8.49. The number of aromatic amines is 1. The van der Waals surface area contributed by atoms with E-state index in [1.807, 2.05) is 30.3 Å². The minimum Gasteiger partial charge on any atom is -0.497 e. The van der Waals surface area contributed by atoms with Gasteiger partial charge in [0, 0.05) is 5.56 Å². The van der Waals surface area contributed by atoms with Gasteiger partial charge in [-0.2, -0.15) is 5.10 Å². The molecule has 2 aromatic heterocycles. The minimum absolute atomic E-state index is 0.0630. The number of carbonyl (C=O) groups excluding carboxylic acids is 1. The third-order valence-corrected chi connectivity index (χ3v) is 5.04. The molecule has 0 aliphatic rings. The Labute approximate surface area is 164 Å². The minimum atomic E-state index is -0.286. The zero-order chi connectivity index (χ0) is 19.5. The number of methoxy groups -OCH3 is 1. The number of rotatable bonds is 6. The number of fused-ring (bicyclic) bond motifs is 1. The van der Waals surface area contributed by atoms with Crippen LogP contribution in [0.4, 0.5) is 0 Å². The second-order valence-electron chi connectivity index (χ2n) is 5.94. The molecule has 2 aromatic carbocycles. The summed E-state index contributed by atoms with van der Waals surface area (Å²) >= 11 is 1.18. The van der Waals surface area contributed by atoms with Gasteiger partial charge in [-0.3, -0.25) is 9.59 Å². The molecule has 0 saturated carbocycles. The molecule has 0 atom stereocenters. The summed E-state index contributed by atoms with van der Waals surface area (Å²) in [5.41, 5.74) is 1.55. The van der Waals surface area contributed by atoms with Gasteiger partial charge in [0.2, 0.25) is 0 Å². The van der Waals surface area contributed by atoms with Gasteiger partial charge in [-0.1, -0.05) is 30.0 Å². The number of hydrogen-bond donors (Lipinski definition) is 1. The Morgan fingerprint density at radius 1 is 1.14 bits per heavy atom. The van der Waals surface area contributed by atoms with Crippen LogP contribution >= 0.6 is 11.8 Å².